The number of aromatic nitrogens is 1. The second kappa shape index (κ2) is 25.0. The number of nitrogens with zero attached hydrogens (tertiary/aromatic N) is 1. The van der Waals surface area contributed by atoms with Crippen LogP contribution in [0.15, 0.2) is 91.1 Å². The number of H-pyrrole nitrogens is 1. The zero-order valence-electron chi connectivity index (χ0n) is 38.4. The normalized spacial score (nSPS) is 17.2. The van der Waals surface area contributed by atoms with Crippen molar-refractivity contribution in [1.29, 1.82) is 0 Å². The summed E-state index contributed by atoms with van der Waals surface area (Å²) in [5, 5.41) is 14.3. The van der Waals surface area contributed by atoms with Crippen LogP contribution in [0.5, 0.6) is 0 Å². The van der Waals surface area contributed by atoms with Gasteiger partial charge in [-0.3, -0.25) is 33.7 Å². The second-order valence-corrected chi connectivity index (χ2v) is 17.0. The number of carbonyl (C=O) groups excluding carboxylic acids is 8. The summed E-state index contributed by atoms with van der Waals surface area (Å²) in [5.74, 6) is -5.39. The summed E-state index contributed by atoms with van der Waals surface area (Å²) in [5.41, 5.74) is 8.64. The SMILES string of the molecule is COC(=O)[C@@H](C)NC(=O)[C@H](CC(C)C)NC(=O)[C@H](Cc1c[nH]c2ccccc12)NC(=O)[C@H](CCCCN)N1C(=O)CC[C@@H](NC(=O)OCc2ccccc2)C(=O)N[C@H](Cc2ccccc2)C1=O. The van der Waals surface area contributed by atoms with Crippen LogP contribution >= 0.6 is 0 Å². The van der Waals surface area contributed by atoms with Gasteiger partial charge in [-0.1, -0.05) is 92.7 Å². The first-order chi connectivity index (χ1) is 32.2. The van der Waals surface area contributed by atoms with E-state index >= 15 is 0 Å². The topological polar surface area (TPSA) is 260 Å². The number of alkyl carbamates (subject to hydrolysis) is 1. The smallest absolute Gasteiger partial charge is 0.408 e. The number of nitrogens with one attached hydrogen (secondary N) is 6. The van der Waals surface area contributed by atoms with Gasteiger partial charge in [-0.05, 0) is 74.2 Å². The van der Waals surface area contributed by atoms with E-state index in [1.54, 1.807) is 60.8 Å². The molecule has 0 bridgehead atoms. The summed E-state index contributed by atoms with van der Waals surface area (Å²) in [6, 6.07) is 17.4. The standard InChI is InChI=1S/C49H62N8O10/c1-30(2)25-38(44(60)52-31(3)48(64)66-4)53-45(61)39(27-34-28-51-36-20-12-11-19-35(34)36)54-46(62)41(21-13-14-24-50)57-42(58)23-22-37(56-49(65)67-29-33-17-9-6-10-18-33)43(59)55-40(47(57)63)26-32-15-7-5-8-16-32/h5-12,15-20,28,30-31,37-41,51H,13-14,21-27,29,50H2,1-4H3,(H,52,60)(H,53,61)(H,54,62)(H,55,59)(H,56,65)/t31-,37-,38+,39+,40-,41+/m1/s1. The molecule has 2 heterocycles. The quantitative estimate of drug-likeness (QED) is 0.0363. The number of imide groups is 1. The lowest BCUT2D eigenvalue weighted by molar-refractivity contribution is -0.154. The van der Waals surface area contributed by atoms with E-state index in [9.17, 15) is 38.4 Å². The van der Waals surface area contributed by atoms with Gasteiger partial charge in [0.2, 0.25) is 29.5 Å². The largest absolute Gasteiger partial charge is 0.467 e. The van der Waals surface area contributed by atoms with Crippen molar-refractivity contribution in [3.05, 3.63) is 108 Å². The van der Waals surface area contributed by atoms with Gasteiger partial charge < -0.3 is 46.8 Å². The first-order valence-corrected chi connectivity index (χ1v) is 22.6. The van der Waals surface area contributed by atoms with E-state index in [1.807, 2.05) is 44.2 Å². The molecule has 1 fully saturated rings. The maximum atomic E-state index is 14.9. The van der Waals surface area contributed by atoms with Crippen LogP contribution in [0, 0.1) is 5.92 Å². The third-order valence-corrected chi connectivity index (χ3v) is 11.4. The Kier molecular flexibility index (Phi) is 19.0. The first-order valence-electron chi connectivity index (χ1n) is 22.6. The highest BCUT2D eigenvalue weighted by molar-refractivity contribution is 6.05. The highest BCUT2D eigenvalue weighted by Crippen LogP contribution is 2.22. The Morgan fingerprint density at radius 3 is 2.12 bits per heavy atom. The molecule has 0 spiro atoms. The molecule has 0 aliphatic carbocycles. The zero-order chi connectivity index (χ0) is 48.5. The summed E-state index contributed by atoms with van der Waals surface area (Å²) in [6.07, 6.45) is 0.815. The molecule has 0 saturated carbocycles. The van der Waals surface area contributed by atoms with Crippen molar-refractivity contribution in [3.8, 4) is 0 Å². The van der Waals surface area contributed by atoms with Crippen LogP contribution in [0.3, 0.4) is 0 Å². The maximum absolute atomic E-state index is 14.9. The molecule has 358 valence electrons. The third kappa shape index (κ3) is 14.7. The van der Waals surface area contributed by atoms with E-state index in [0.29, 0.717) is 29.5 Å². The number of carbonyl (C=O) groups is 8. The van der Waals surface area contributed by atoms with Crippen molar-refractivity contribution in [2.24, 2.45) is 11.7 Å². The van der Waals surface area contributed by atoms with Gasteiger partial charge in [-0.15, -0.1) is 0 Å². The molecule has 3 aromatic carbocycles. The fourth-order valence-electron chi connectivity index (χ4n) is 7.89. The number of benzene rings is 3. The van der Waals surface area contributed by atoms with Gasteiger partial charge in [0.1, 0.15) is 42.9 Å². The molecule has 7 amide bonds. The van der Waals surface area contributed by atoms with Gasteiger partial charge >= 0.3 is 12.1 Å². The van der Waals surface area contributed by atoms with Gasteiger partial charge in [0.25, 0.3) is 5.91 Å². The molecule has 18 heteroatoms. The van der Waals surface area contributed by atoms with E-state index in [-0.39, 0.29) is 51.2 Å². The summed E-state index contributed by atoms with van der Waals surface area (Å²) in [4.78, 5) is 116. The zero-order valence-corrected chi connectivity index (χ0v) is 38.4. The molecule has 1 aromatic heterocycles. The average Bonchev–Trinajstić information content (AvgIpc) is 3.74. The molecule has 67 heavy (non-hydrogen) atoms. The van der Waals surface area contributed by atoms with Gasteiger partial charge in [-0.25, -0.2) is 9.59 Å². The molecule has 4 aromatic rings. The molecular weight excluding hydrogens is 861 g/mol. The van der Waals surface area contributed by atoms with Gasteiger partial charge in [0.05, 0.1) is 7.11 Å². The van der Waals surface area contributed by atoms with Crippen LogP contribution in [0.4, 0.5) is 4.79 Å². The average molecular weight is 923 g/mol. The van der Waals surface area contributed by atoms with Crippen molar-refractivity contribution in [2.75, 3.05) is 13.7 Å². The number of methoxy groups -OCH3 is 1. The van der Waals surface area contributed by atoms with Crippen molar-refractivity contribution < 1.29 is 47.8 Å². The third-order valence-electron chi connectivity index (χ3n) is 11.4. The number of nitrogens with two attached hydrogens (primary N) is 1. The van der Waals surface area contributed by atoms with Crippen LogP contribution in [-0.4, -0.2) is 107 Å². The van der Waals surface area contributed by atoms with Crippen LogP contribution in [0.2, 0.25) is 0 Å². The number of aromatic amines is 1. The predicted octanol–water partition coefficient (Wildman–Crippen LogP) is 3.07. The minimum atomic E-state index is -1.49. The lowest BCUT2D eigenvalue weighted by Crippen LogP contribution is -2.61. The van der Waals surface area contributed by atoms with E-state index in [4.69, 9.17) is 15.2 Å². The summed E-state index contributed by atoms with van der Waals surface area (Å²) >= 11 is 0. The monoisotopic (exact) mass is 922 g/mol. The fourth-order valence-corrected chi connectivity index (χ4v) is 7.89. The Hall–Kier alpha value is -7.08. The van der Waals surface area contributed by atoms with Crippen LogP contribution in [0.1, 0.15) is 76.0 Å². The van der Waals surface area contributed by atoms with Gasteiger partial charge in [-0.2, -0.15) is 0 Å². The molecule has 1 aliphatic rings. The van der Waals surface area contributed by atoms with Crippen LogP contribution in [0.25, 0.3) is 10.9 Å². The highest BCUT2D eigenvalue weighted by Gasteiger charge is 2.42. The number of esters is 1. The molecule has 1 saturated heterocycles. The van der Waals surface area contributed by atoms with Gasteiger partial charge in [0.15, 0.2) is 0 Å². The lowest BCUT2D eigenvalue weighted by Gasteiger charge is -2.33. The molecule has 0 unspecified atom stereocenters. The maximum Gasteiger partial charge on any atom is 0.408 e. The van der Waals surface area contributed by atoms with Crippen molar-refractivity contribution in [1.82, 2.24) is 36.5 Å². The minimum absolute atomic E-state index is 0.0504. The molecular formula is C49H62N8O10. The van der Waals surface area contributed by atoms with Crippen molar-refractivity contribution in [2.45, 2.75) is 115 Å². The molecule has 1 aliphatic heterocycles. The van der Waals surface area contributed by atoms with E-state index < -0.39 is 90.2 Å². The predicted molar refractivity (Wildman–Crippen MR) is 248 cm³/mol. The first kappa shape index (κ1) is 50.9. The molecule has 6 atom stereocenters. The summed E-state index contributed by atoms with van der Waals surface area (Å²) in [6.45, 7) is 5.33. The Bertz CT molecular complexity index is 2340. The lowest BCUT2D eigenvalue weighted by atomic mass is 9.99. The Balaban J connectivity index is 1.48. The Morgan fingerprint density at radius 2 is 1.45 bits per heavy atom. The second-order valence-electron chi connectivity index (χ2n) is 17.0. The summed E-state index contributed by atoms with van der Waals surface area (Å²) < 4.78 is 10.1. The van der Waals surface area contributed by atoms with Crippen LogP contribution < -0.4 is 32.3 Å². The molecule has 18 nitrogen and oxygen atoms in total. The molecule has 8 N–H and O–H groups in total. The van der Waals surface area contributed by atoms with Gasteiger partial charge in [0, 0.05) is 36.4 Å². The van der Waals surface area contributed by atoms with E-state index in [0.717, 1.165) is 15.8 Å². The van der Waals surface area contributed by atoms with E-state index in [1.165, 1.54) is 14.0 Å². The number of ether oxygens (including phenoxy) is 2. The Labute approximate surface area is 389 Å². The number of unbranched alkanes of at least 4 members (excludes halogenated alkanes) is 1. The number of fused-ring (bicyclic) bond motifs is 1. The molecule has 0 radical (unpaired) electrons. The fraction of sp³-hybridized carbons (Fsp3) is 0.429. The molecule has 5 rings (SSSR count). The van der Waals surface area contributed by atoms with E-state index in [2.05, 4.69) is 31.6 Å². The van der Waals surface area contributed by atoms with Crippen molar-refractivity contribution in [3.63, 3.8) is 0 Å². The number of rotatable bonds is 21. The summed E-state index contributed by atoms with van der Waals surface area (Å²) in [7, 11) is 1.19. The number of hydrogen-bond acceptors (Lipinski definition) is 11. The number of para-hydroxylation sites is 1. The minimum Gasteiger partial charge on any atom is -0.467 e. The van der Waals surface area contributed by atoms with Crippen LogP contribution in [-0.2, 0) is 62.5 Å². The number of amides is 7. The number of hydrogen-bond donors (Lipinski definition) is 7. The highest BCUT2D eigenvalue weighted by atomic mass is 16.5. The van der Waals surface area contributed by atoms with Crippen molar-refractivity contribution >= 4 is 58.4 Å². The Morgan fingerprint density at radius 1 is 0.806 bits per heavy atom.